The van der Waals surface area contributed by atoms with E-state index >= 15 is 0 Å². The van der Waals surface area contributed by atoms with E-state index in [2.05, 4.69) is 0 Å². The molecule has 1 rings (SSSR count). The maximum atomic E-state index is 11.4. The van der Waals surface area contributed by atoms with Crippen molar-refractivity contribution < 1.29 is 19.2 Å². The van der Waals surface area contributed by atoms with Crippen molar-refractivity contribution in [2.45, 2.75) is 26.2 Å². The molecule has 1 saturated heterocycles. The molecule has 88 valence electrons. The zero-order valence-corrected chi connectivity index (χ0v) is 9.36. The summed E-state index contributed by atoms with van der Waals surface area (Å²) in [7, 11) is 1.26. The number of carbonyl (C=O) groups is 4. The summed E-state index contributed by atoms with van der Waals surface area (Å²) in [5.41, 5.74) is 0. The number of Topliss-reactive ketones (excluding diaryl/α,β-unsaturated/α-hetero) is 1. The van der Waals surface area contributed by atoms with Gasteiger partial charge in [0.05, 0.1) is 0 Å². The fourth-order valence-electron chi connectivity index (χ4n) is 1.42. The van der Waals surface area contributed by atoms with E-state index in [1.54, 1.807) is 6.92 Å². The molecule has 1 aliphatic heterocycles. The second-order valence-electron chi connectivity index (χ2n) is 3.60. The highest BCUT2D eigenvalue weighted by Crippen LogP contribution is 2.10. The summed E-state index contributed by atoms with van der Waals surface area (Å²) in [5.74, 6) is -1.54. The lowest BCUT2D eigenvalue weighted by atomic mass is 10.2. The third-order valence-corrected chi connectivity index (χ3v) is 2.48. The largest absolute Gasteiger partial charge is 0.333 e. The number of hydrogen-bond donors (Lipinski definition) is 0. The Morgan fingerprint density at radius 2 is 1.81 bits per heavy atom. The van der Waals surface area contributed by atoms with E-state index < -0.39 is 17.8 Å². The number of ketones is 1. The topological polar surface area (TPSA) is 74.8 Å². The molecule has 0 aromatic carbocycles. The van der Waals surface area contributed by atoms with Crippen molar-refractivity contribution in [1.82, 2.24) is 9.80 Å². The lowest BCUT2D eigenvalue weighted by Crippen LogP contribution is -2.32. The summed E-state index contributed by atoms with van der Waals surface area (Å²) in [6.45, 7) is 1.88. The fraction of sp³-hybridized carbons (Fsp3) is 0.600. The molecule has 16 heavy (non-hydrogen) atoms. The average molecular weight is 226 g/mol. The van der Waals surface area contributed by atoms with Gasteiger partial charge in [-0.05, 0) is 6.42 Å². The van der Waals surface area contributed by atoms with Crippen LogP contribution in [-0.4, -0.2) is 47.0 Å². The van der Waals surface area contributed by atoms with Gasteiger partial charge in [0.25, 0.3) is 0 Å². The van der Waals surface area contributed by atoms with Crippen molar-refractivity contribution in [2.75, 3.05) is 13.6 Å². The number of likely N-dealkylation sites (N-methyl/N-ethyl adjacent to an activating group) is 1. The van der Waals surface area contributed by atoms with Crippen molar-refractivity contribution in [2.24, 2.45) is 0 Å². The van der Waals surface area contributed by atoms with Gasteiger partial charge in [0.2, 0.25) is 0 Å². The summed E-state index contributed by atoms with van der Waals surface area (Å²) >= 11 is 0. The van der Waals surface area contributed by atoms with Crippen LogP contribution in [0.5, 0.6) is 0 Å². The van der Waals surface area contributed by atoms with Crippen LogP contribution in [0.4, 0.5) is 4.79 Å². The summed E-state index contributed by atoms with van der Waals surface area (Å²) in [4.78, 5) is 46.5. The van der Waals surface area contributed by atoms with Gasteiger partial charge in [-0.15, -0.1) is 0 Å². The number of nitrogens with zero attached hydrogens (tertiary/aromatic N) is 2. The van der Waals surface area contributed by atoms with Gasteiger partial charge in [0, 0.05) is 26.4 Å². The van der Waals surface area contributed by atoms with Crippen LogP contribution in [0.25, 0.3) is 0 Å². The first-order valence-corrected chi connectivity index (χ1v) is 5.14. The molecular weight excluding hydrogens is 212 g/mol. The summed E-state index contributed by atoms with van der Waals surface area (Å²) in [5, 5.41) is 0. The van der Waals surface area contributed by atoms with Crippen LogP contribution in [-0.2, 0) is 14.4 Å². The molecule has 6 nitrogen and oxygen atoms in total. The Hall–Kier alpha value is -1.72. The molecule has 4 amide bonds. The van der Waals surface area contributed by atoms with Crippen LogP contribution in [0.15, 0.2) is 0 Å². The Morgan fingerprint density at radius 1 is 1.19 bits per heavy atom. The normalized spacial score (nSPS) is 16.2. The van der Waals surface area contributed by atoms with Crippen LogP contribution in [0, 0.1) is 0 Å². The zero-order valence-electron chi connectivity index (χ0n) is 9.36. The van der Waals surface area contributed by atoms with E-state index in [4.69, 9.17) is 0 Å². The van der Waals surface area contributed by atoms with Crippen molar-refractivity contribution in [1.29, 1.82) is 0 Å². The predicted molar refractivity (Wildman–Crippen MR) is 54.4 cm³/mol. The van der Waals surface area contributed by atoms with Gasteiger partial charge in [0.15, 0.2) is 0 Å². The van der Waals surface area contributed by atoms with Crippen LogP contribution in [0.1, 0.15) is 26.2 Å². The standard InChI is InChI=1S/C10H14N2O4/c1-3-7(13)5-4-6-12-9(15)8(14)11(2)10(12)16/h3-6H2,1-2H3. The van der Waals surface area contributed by atoms with Crippen molar-refractivity contribution in [3.8, 4) is 0 Å². The summed E-state index contributed by atoms with van der Waals surface area (Å²) in [6.07, 6.45) is 1.18. The third kappa shape index (κ3) is 2.26. The van der Waals surface area contributed by atoms with Gasteiger partial charge < -0.3 is 0 Å². The average Bonchev–Trinajstić information content (AvgIpc) is 2.46. The minimum atomic E-state index is -0.813. The molecule has 0 aromatic rings. The fourth-order valence-corrected chi connectivity index (χ4v) is 1.42. The molecule has 1 fully saturated rings. The Balaban J connectivity index is 2.49. The number of urea groups is 1. The number of amides is 4. The van der Waals surface area contributed by atoms with Gasteiger partial charge in [0.1, 0.15) is 5.78 Å². The first-order chi connectivity index (χ1) is 7.49. The van der Waals surface area contributed by atoms with E-state index in [1.165, 1.54) is 7.05 Å². The first-order valence-electron chi connectivity index (χ1n) is 5.14. The number of rotatable bonds is 5. The van der Waals surface area contributed by atoms with E-state index in [9.17, 15) is 19.2 Å². The van der Waals surface area contributed by atoms with Crippen molar-refractivity contribution in [3.63, 3.8) is 0 Å². The lowest BCUT2D eigenvalue weighted by Gasteiger charge is -2.11. The maximum Gasteiger partial charge on any atom is 0.333 e. The highest BCUT2D eigenvalue weighted by molar-refractivity contribution is 6.44. The van der Waals surface area contributed by atoms with Gasteiger partial charge in [-0.2, -0.15) is 0 Å². The maximum absolute atomic E-state index is 11.4. The zero-order chi connectivity index (χ0) is 12.3. The Labute approximate surface area is 93.2 Å². The van der Waals surface area contributed by atoms with E-state index in [1.807, 2.05) is 0 Å². The predicted octanol–water partition coefficient (Wildman–Crippen LogP) is 0.166. The molecule has 0 atom stereocenters. The minimum Gasteiger partial charge on any atom is -0.300 e. The first kappa shape index (κ1) is 12.4. The molecule has 0 bridgehead atoms. The molecule has 0 spiro atoms. The highest BCUT2D eigenvalue weighted by atomic mass is 16.2. The van der Waals surface area contributed by atoms with Gasteiger partial charge in [-0.25, -0.2) is 4.79 Å². The molecule has 0 radical (unpaired) electrons. The van der Waals surface area contributed by atoms with E-state index in [0.29, 0.717) is 19.3 Å². The molecule has 0 aromatic heterocycles. The van der Waals surface area contributed by atoms with Crippen molar-refractivity contribution in [3.05, 3.63) is 0 Å². The minimum absolute atomic E-state index is 0.0822. The number of imide groups is 2. The van der Waals surface area contributed by atoms with Gasteiger partial charge >= 0.3 is 17.8 Å². The molecule has 0 N–H and O–H groups in total. The Morgan fingerprint density at radius 3 is 2.25 bits per heavy atom. The molecule has 1 aliphatic rings. The number of hydrogen-bond acceptors (Lipinski definition) is 4. The SMILES string of the molecule is CCC(=O)CCCN1C(=O)C(=O)N(C)C1=O. The van der Waals surface area contributed by atoms with Gasteiger partial charge in [-0.1, -0.05) is 6.92 Å². The quantitative estimate of drug-likeness (QED) is 0.494. The Kier molecular flexibility index (Phi) is 3.76. The molecular formula is C10H14N2O4. The van der Waals surface area contributed by atoms with E-state index in [0.717, 1.165) is 9.80 Å². The second-order valence-corrected chi connectivity index (χ2v) is 3.60. The van der Waals surface area contributed by atoms with Crippen LogP contribution in [0.2, 0.25) is 0 Å². The number of carbonyl (C=O) groups excluding carboxylic acids is 4. The van der Waals surface area contributed by atoms with Crippen molar-refractivity contribution >= 4 is 23.6 Å². The van der Waals surface area contributed by atoms with Crippen LogP contribution >= 0.6 is 0 Å². The molecule has 6 heteroatoms. The Bertz CT molecular complexity index is 351. The lowest BCUT2D eigenvalue weighted by molar-refractivity contribution is -0.142. The molecule has 0 saturated carbocycles. The molecule has 0 aliphatic carbocycles. The van der Waals surface area contributed by atoms with Crippen LogP contribution < -0.4 is 0 Å². The molecule has 0 unspecified atom stereocenters. The monoisotopic (exact) mass is 226 g/mol. The third-order valence-electron chi connectivity index (χ3n) is 2.48. The summed E-state index contributed by atoms with van der Waals surface area (Å²) < 4.78 is 0. The van der Waals surface area contributed by atoms with Gasteiger partial charge in [-0.3, -0.25) is 24.2 Å². The van der Waals surface area contributed by atoms with E-state index in [-0.39, 0.29) is 12.3 Å². The highest BCUT2D eigenvalue weighted by Gasteiger charge is 2.41. The van der Waals surface area contributed by atoms with Crippen LogP contribution in [0.3, 0.4) is 0 Å². The second kappa shape index (κ2) is 4.87. The summed E-state index contributed by atoms with van der Waals surface area (Å²) in [6, 6.07) is -0.612. The smallest absolute Gasteiger partial charge is 0.300 e. The molecule has 1 heterocycles.